The first-order valence-electron chi connectivity index (χ1n) is 6.43. The van der Waals surface area contributed by atoms with E-state index in [1.165, 1.54) is 6.42 Å². The molecule has 0 aliphatic carbocycles. The second-order valence-electron chi connectivity index (χ2n) is 4.66. The Morgan fingerprint density at radius 3 is 2.65 bits per heavy atom. The highest BCUT2D eigenvalue weighted by atomic mass is 16.3. The first-order valence-corrected chi connectivity index (χ1v) is 6.43. The van der Waals surface area contributed by atoms with Gasteiger partial charge in [-0.05, 0) is 25.8 Å². The molecule has 17 heavy (non-hydrogen) atoms. The van der Waals surface area contributed by atoms with Crippen LogP contribution in [0.15, 0.2) is 12.3 Å². The Hall–Kier alpha value is -1.09. The Kier molecular flexibility index (Phi) is 5.42. The molecule has 0 bridgehead atoms. The maximum absolute atomic E-state index is 9.38. The molecule has 1 aromatic rings. The lowest BCUT2D eigenvalue weighted by Crippen LogP contribution is -2.29. The van der Waals surface area contributed by atoms with E-state index in [1.54, 1.807) is 6.20 Å². The predicted molar refractivity (Wildman–Crippen MR) is 72.2 cm³/mol. The van der Waals surface area contributed by atoms with E-state index in [0.717, 1.165) is 30.0 Å². The minimum absolute atomic E-state index is 0.0552. The fourth-order valence-electron chi connectivity index (χ4n) is 1.89. The maximum Gasteiger partial charge on any atom is 0.0717 e. The van der Waals surface area contributed by atoms with Crippen LogP contribution in [0.4, 0.5) is 5.69 Å². The van der Waals surface area contributed by atoms with Crippen molar-refractivity contribution in [2.24, 2.45) is 5.92 Å². The Bertz CT molecular complexity index is 352. The number of aliphatic hydroxyl groups is 1. The molecule has 0 saturated heterocycles. The first kappa shape index (κ1) is 14.0. The van der Waals surface area contributed by atoms with Crippen LogP contribution in [0, 0.1) is 12.8 Å². The summed E-state index contributed by atoms with van der Waals surface area (Å²) in [4.78, 5) is 6.57. The standard InChI is InChI=1S/C14H24N2O/c1-5-11(3)9-16(6-2)14-7-12(4)15-8-13(14)10-17/h7-8,11,17H,5-6,9-10H2,1-4H3. The van der Waals surface area contributed by atoms with Crippen LogP contribution in [0.2, 0.25) is 0 Å². The summed E-state index contributed by atoms with van der Waals surface area (Å²) < 4.78 is 0. The molecular formula is C14H24N2O. The van der Waals surface area contributed by atoms with Gasteiger partial charge in [-0.25, -0.2) is 0 Å². The fourth-order valence-corrected chi connectivity index (χ4v) is 1.89. The van der Waals surface area contributed by atoms with Crippen LogP contribution in [0.3, 0.4) is 0 Å². The van der Waals surface area contributed by atoms with E-state index in [-0.39, 0.29) is 6.61 Å². The van der Waals surface area contributed by atoms with Crippen LogP contribution < -0.4 is 4.90 Å². The molecule has 0 aromatic carbocycles. The van der Waals surface area contributed by atoms with Crippen molar-refractivity contribution in [1.29, 1.82) is 0 Å². The van der Waals surface area contributed by atoms with Crippen LogP contribution in [0.1, 0.15) is 38.4 Å². The van der Waals surface area contributed by atoms with Crippen molar-refractivity contribution in [3.8, 4) is 0 Å². The molecule has 0 amide bonds. The van der Waals surface area contributed by atoms with E-state index in [9.17, 15) is 5.11 Å². The van der Waals surface area contributed by atoms with Gasteiger partial charge in [-0.1, -0.05) is 20.3 Å². The number of hydrogen-bond acceptors (Lipinski definition) is 3. The molecule has 3 heteroatoms. The monoisotopic (exact) mass is 236 g/mol. The Labute approximate surface area is 104 Å². The Morgan fingerprint density at radius 2 is 2.12 bits per heavy atom. The molecule has 1 aromatic heterocycles. The van der Waals surface area contributed by atoms with Gasteiger partial charge in [-0.2, -0.15) is 0 Å². The van der Waals surface area contributed by atoms with Gasteiger partial charge < -0.3 is 10.0 Å². The molecule has 0 saturated carbocycles. The topological polar surface area (TPSA) is 36.4 Å². The maximum atomic E-state index is 9.38. The number of nitrogens with zero attached hydrogens (tertiary/aromatic N) is 2. The summed E-state index contributed by atoms with van der Waals surface area (Å²) in [6.45, 7) is 10.7. The zero-order valence-corrected chi connectivity index (χ0v) is 11.4. The third kappa shape index (κ3) is 3.70. The van der Waals surface area contributed by atoms with Gasteiger partial charge in [0, 0.05) is 36.2 Å². The number of rotatable bonds is 6. The first-order chi connectivity index (χ1) is 8.12. The second kappa shape index (κ2) is 6.60. The number of aryl methyl sites for hydroxylation is 1. The van der Waals surface area contributed by atoms with Gasteiger partial charge in [0.15, 0.2) is 0 Å². The number of anilines is 1. The molecule has 0 aliphatic heterocycles. The summed E-state index contributed by atoms with van der Waals surface area (Å²) in [6.07, 6.45) is 2.96. The van der Waals surface area contributed by atoms with Gasteiger partial charge >= 0.3 is 0 Å². The average molecular weight is 236 g/mol. The molecule has 0 aliphatic rings. The summed E-state index contributed by atoms with van der Waals surface area (Å²) in [5, 5.41) is 9.38. The van der Waals surface area contributed by atoms with E-state index in [4.69, 9.17) is 0 Å². The molecule has 1 rings (SSSR count). The summed E-state index contributed by atoms with van der Waals surface area (Å²) >= 11 is 0. The quantitative estimate of drug-likeness (QED) is 0.825. The Balaban J connectivity index is 2.97. The van der Waals surface area contributed by atoms with Gasteiger partial charge in [0.05, 0.1) is 6.61 Å². The van der Waals surface area contributed by atoms with Crippen molar-refractivity contribution in [2.45, 2.75) is 40.7 Å². The molecule has 0 fully saturated rings. The Morgan fingerprint density at radius 1 is 1.41 bits per heavy atom. The zero-order chi connectivity index (χ0) is 12.8. The molecule has 1 N–H and O–H groups in total. The minimum atomic E-state index is 0.0552. The number of aliphatic hydroxyl groups excluding tert-OH is 1. The van der Waals surface area contributed by atoms with Crippen LogP contribution in [-0.4, -0.2) is 23.2 Å². The highest BCUT2D eigenvalue weighted by molar-refractivity contribution is 5.53. The molecule has 3 nitrogen and oxygen atoms in total. The number of pyridine rings is 1. The fraction of sp³-hybridized carbons (Fsp3) is 0.643. The normalized spacial score (nSPS) is 12.5. The van der Waals surface area contributed by atoms with Crippen LogP contribution >= 0.6 is 0 Å². The van der Waals surface area contributed by atoms with Crippen molar-refractivity contribution in [2.75, 3.05) is 18.0 Å². The van der Waals surface area contributed by atoms with E-state index in [0.29, 0.717) is 5.92 Å². The summed E-state index contributed by atoms with van der Waals surface area (Å²) in [6, 6.07) is 2.07. The van der Waals surface area contributed by atoms with Gasteiger partial charge in [0.2, 0.25) is 0 Å². The lowest BCUT2D eigenvalue weighted by atomic mass is 10.1. The third-order valence-corrected chi connectivity index (χ3v) is 3.22. The van der Waals surface area contributed by atoms with Crippen molar-refractivity contribution >= 4 is 5.69 Å². The highest BCUT2D eigenvalue weighted by Crippen LogP contribution is 2.22. The van der Waals surface area contributed by atoms with Crippen LogP contribution in [0.5, 0.6) is 0 Å². The smallest absolute Gasteiger partial charge is 0.0717 e. The van der Waals surface area contributed by atoms with E-state index < -0.39 is 0 Å². The summed E-state index contributed by atoms with van der Waals surface area (Å²) in [5.74, 6) is 0.662. The van der Waals surface area contributed by atoms with Crippen LogP contribution in [-0.2, 0) is 6.61 Å². The van der Waals surface area contributed by atoms with Crippen molar-refractivity contribution < 1.29 is 5.11 Å². The average Bonchev–Trinajstić information content (AvgIpc) is 2.35. The van der Waals surface area contributed by atoms with Crippen LogP contribution in [0.25, 0.3) is 0 Å². The highest BCUT2D eigenvalue weighted by Gasteiger charge is 2.12. The molecule has 1 atom stereocenters. The van der Waals surface area contributed by atoms with Gasteiger partial charge in [-0.15, -0.1) is 0 Å². The molecule has 96 valence electrons. The lowest BCUT2D eigenvalue weighted by Gasteiger charge is -2.28. The SMILES string of the molecule is CCC(C)CN(CC)c1cc(C)ncc1CO. The molecule has 0 spiro atoms. The summed E-state index contributed by atoms with van der Waals surface area (Å²) in [7, 11) is 0. The van der Waals surface area contributed by atoms with Gasteiger partial charge in [0.25, 0.3) is 0 Å². The van der Waals surface area contributed by atoms with Crippen molar-refractivity contribution in [1.82, 2.24) is 4.98 Å². The van der Waals surface area contributed by atoms with E-state index in [1.807, 2.05) is 6.92 Å². The van der Waals surface area contributed by atoms with Gasteiger partial charge in [0.1, 0.15) is 0 Å². The molecule has 1 unspecified atom stereocenters. The minimum Gasteiger partial charge on any atom is -0.392 e. The van der Waals surface area contributed by atoms with E-state index in [2.05, 4.69) is 36.7 Å². The van der Waals surface area contributed by atoms with Crippen molar-refractivity contribution in [3.63, 3.8) is 0 Å². The lowest BCUT2D eigenvalue weighted by molar-refractivity contribution is 0.281. The predicted octanol–water partition coefficient (Wildman–Crippen LogP) is 2.75. The number of hydrogen-bond donors (Lipinski definition) is 1. The summed E-state index contributed by atoms with van der Waals surface area (Å²) in [5.41, 5.74) is 3.04. The molecule has 0 radical (unpaired) electrons. The largest absolute Gasteiger partial charge is 0.392 e. The second-order valence-corrected chi connectivity index (χ2v) is 4.66. The molecule has 1 heterocycles. The van der Waals surface area contributed by atoms with Crippen molar-refractivity contribution in [3.05, 3.63) is 23.5 Å². The number of aromatic nitrogens is 1. The van der Waals surface area contributed by atoms with Gasteiger partial charge in [-0.3, -0.25) is 4.98 Å². The zero-order valence-electron chi connectivity index (χ0n) is 11.4. The van der Waals surface area contributed by atoms with E-state index >= 15 is 0 Å². The molecular weight excluding hydrogens is 212 g/mol. The third-order valence-electron chi connectivity index (χ3n) is 3.22.